The molecular weight excluding hydrogens is 272 g/mol. The molecule has 2 heteroatoms. The van der Waals surface area contributed by atoms with E-state index in [0.29, 0.717) is 0 Å². The summed E-state index contributed by atoms with van der Waals surface area (Å²) in [5.74, 6) is 0. The minimum Gasteiger partial charge on any atom is -0.0913 e. The highest BCUT2D eigenvalue weighted by atomic mass is 28.3. The van der Waals surface area contributed by atoms with Gasteiger partial charge in [0.1, 0.15) is 0 Å². The van der Waals surface area contributed by atoms with Crippen molar-refractivity contribution in [3.63, 3.8) is 0 Å². The summed E-state index contributed by atoms with van der Waals surface area (Å²) in [7, 11) is -2.34. The van der Waals surface area contributed by atoms with Crippen molar-refractivity contribution < 1.29 is 0 Å². The van der Waals surface area contributed by atoms with Gasteiger partial charge in [0.05, 0.1) is 16.1 Å². The number of benzene rings is 1. The molecule has 0 heterocycles. The van der Waals surface area contributed by atoms with E-state index in [1.807, 2.05) is 0 Å². The van der Waals surface area contributed by atoms with Crippen molar-refractivity contribution in [2.75, 3.05) is 0 Å². The lowest BCUT2D eigenvalue weighted by Crippen LogP contribution is -2.23. The number of fused-ring (bicyclic) bond motifs is 1. The predicted molar refractivity (Wildman–Crippen MR) is 96.7 cm³/mol. The van der Waals surface area contributed by atoms with Gasteiger partial charge < -0.3 is 0 Å². The topological polar surface area (TPSA) is 0 Å². The molecular formula is C18H28Si2. The zero-order valence-electron chi connectivity index (χ0n) is 13.9. The van der Waals surface area contributed by atoms with Crippen LogP contribution in [0.3, 0.4) is 0 Å². The molecule has 0 saturated carbocycles. The minimum atomic E-state index is -1.17. The molecule has 0 N–H and O–H groups in total. The van der Waals surface area contributed by atoms with Gasteiger partial charge in [-0.2, -0.15) is 0 Å². The molecule has 20 heavy (non-hydrogen) atoms. The van der Waals surface area contributed by atoms with E-state index in [2.05, 4.69) is 74.9 Å². The van der Waals surface area contributed by atoms with E-state index in [-0.39, 0.29) is 0 Å². The van der Waals surface area contributed by atoms with Gasteiger partial charge in [0.2, 0.25) is 0 Å². The highest BCUT2D eigenvalue weighted by Crippen LogP contribution is 2.31. The van der Waals surface area contributed by atoms with Crippen LogP contribution < -0.4 is 0 Å². The molecule has 0 nitrogen and oxygen atoms in total. The maximum atomic E-state index is 2.62. The van der Waals surface area contributed by atoms with Crippen molar-refractivity contribution in [3.05, 3.63) is 57.9 Å². The Balaban J connectivity index is 2.48. The summed E-state index contributed by atoms with van der Waals surface area (Å²) < 4.78 is 0. The zero-order chi connectivity index (χ0) is 15.0. The smallest absolute Gasteiger partial charge is 0.0690 e. The summed E-state index contributed by atoms with van der Waals surface area (Å²) in [5, 5.41) is 0. The van der Waals surface area contributed by atoms with Crippen LogP contribution in [-0.2, 0) is 12.8 Å². The first-order chi connectivity index (χ1) is 9.14. The molecule has 0 spiro atoms. The normalized spacial score (nSPS) is 20.3. The standard InChI is InChI=1S/C18H28Si2/c1-19(2,3)13-17-11-15-9-7-8-10-16(15)12-18(17)14-20(4,5)6/h7-10,13-14H,11-12H2,1-6H3/b17-13+,18-14+. The molecule has 0 atom stereocenters. The van der Waals surface area contributed by atoms with Gasteiger partial charge in [0.15, 0.2) is 0 Å². The first kappa shape index (κ1) is 15.5. The second-order valence-corrected chi connectivity index (χ2v) is 18.2. The average molecular weight is 301 g/mol. The van der Waals surface area contributed by atoms with Gasteiger partial charge in [-0.1, -0.05) is 74.9 Å². The van der Waals surface area contributed by atoms with Gasteiger partial charge in [0, 0.05) is 0 Å². The Labute approximate surface area is 126 Å². The molecule has 1 aromatic rings. The van der Waals surface area contributed by atoms with Crippen LogP contribution in [0.15, 0.2) is 46.8 Å². The molecule has 1 aromatic carbocycles. The van der Waals surface area contributed by atoms with Crippen LogP contribution in [0.1, 0.15) is 11.1 Å². The first-order valence-corrected chi connectivity index (χ1v) is 14.8. The van der Waals surface area contributed by atoms with Crippen LogP contribution in [0.25, 0.3) is 0 Å². The summed E-state index contributed by atoms with van der Waals surface area (Å²) >= 11 is 0. The van der Waals surface area contributed by atoms with E-state index < -0.39 is 16.1 Å². The third kappa shape index (κ3) is 4.32. The molecule has 1 aliphatic rings. The quantitative estimate of drug-likeness (QED) is 0.642. The number of rotatable bonds is 2. The van der Waals surface area contributed by atoms with E-state index in [0.717, 1.165) is 12.8 Å². The molecule has 0 unspecified atom stereocenters. The Hall–Kier alpha value is -0.866. The second kappa shape index (κ2) is 5.49. The molecule has 108 valence electrons. The van der Waals surface area contributed by atoms with E-state index in [4.69, 9.17) is 0 Å². The summed E-state index contributed by atoms with van der Waals surface area (Å²) in [6.07, 6.45) is 2.27. The molecule has 0 aliphatic heterocycles. The maximum Gasteiger partial charge on any atom is 0.0690 e. The molecule has 0 bridgehead atoms. The monoisotopic (exact) mass is 300 g/mol. The van der Waals surface area contributed by atoms with E-state index in [1.165, 1.54) is 11.1 Å². The lowest BCUT2D eigenvalue weighted by molar-refractivity contribution is 0.986. The van der Waals surface area contributed by atoms with Crippen molar-refractivity contribution >= 4 is 16.1 Å². The Morgan fingerprint density at radius 3 is 1.35 bits per heavy atom. The lowest BCUT2D eigenvalue weighted by Gasteiger charge is -2.26. The van der Waals surface area contributed by atoms with E-state index in [9.17, 15) is 0 Å². The summed E-state index contributed by atoms with van der Waals surface area (Å²) in [5.41, 5.74) is 11.5. The fraction of sp³-hybridized carbons (Fsp3) is 0.444. The Bertz CT molecular complexity index is 501. The zero-order valence-corrected chi connectivity index (χ0v) is 15.9. The Morgan fingerprint density at radius 2 is 1.05 bits per heavy atom. The van der Waals surface area contributed by atoms with Gasteiger partial charge in [0.25, 0.3) is 0 Å². The van der Waals surface area contributed by atoms with Crippen LogP contribution in [0.2, 0.25) is 39.3 Å². The minimum absolute atomic E-state index is 1.14. The Morgan fingerprint density at radius 1 is 0.700 bits per heavy atom. The number of allylic oxidation sites excluding steroid dienone is 2. The van der Waals surface area contributed by atoms with Crippen molar-refractivity contribution in [1.82, 2.24) is 0 Å². The lowest BCUT2D eigenvalue weighted by atomic mass is 9.86. The SMILES string of the molecule is C[Si](C)(C)/C=C1\Cc2ccccc2C\C1=C/[Si](C)(C)C. The van der Waals surface area contributed by atoms with Crippen LogP contribution >= 0.6 is 0 Å². The average Bonchev–Trinajstić information content (AvgIpc) is 2.26. The molecule has 0 radical (unpaired) electrons. The fourth-order valence-electron chi connectivity index (χ4n) is 2.87. The third-order valence-electron chi connectivity index (χ3n) is 3.51. The van der Waals surface area contributed by atoms with Crippen LogP contribution in [0, 0.1) is 0 Å². The Kier molecular flexibility index (Phi) is 4.26. The summed E-state index contributed by atoms with van der Waals surface area (Å²) in [6.45, 7) is 14.6. The van der Waals surface area contributed by atoms with Gasteiger partial charge in [-0.3, -0.25) is 0 Å². The number of hydrogen-bond donors (Lipinski definition) is 0. The van der Waals surface area contributed by atoms with E-state index in [1.54, 1.807) is 11.1 Å². The van der Waals surface area contributed by atoms with Gasteiger partial charge in [-0.25, -0.2) is 0 Å². The third-order valence-corrected chi connectivity index (χ3v) is 5.94. The molecule has 0 amide bonds. The molecule has 1 aliphatic carbocycles. The predicted octanol–water partition coefficient (Wildman–Crippen LogP) is 5.39. The largest absolute Gasteiger partial charge is 0.0913 e. The first-order valence-electron chi connectivity index (χ1n) is 7.65. The molecule has 0 aromatic heterocycles. The summed E-state index contributed by atoms with van der Waals surface area (Å²) in [4.78, 5) is 0. The van der Waals surface area contributed by atoms with Crippen molar-refractivity contribution in [3.8, 4) is 0 Å². The van der Waals surface area contributed by atoms with Crippen LogP contribution in [0.5, 0.6) is 0 Å². The molecule has 0 saturated heterocycles. The highest BCUT2D eigenvalue weighted by Gasteiger charge is 2.22. The van der Waals surface area contributed by atoms with Crippen molar-refractivity contribution in [1.29, 1.82) is 0 Å². The van der Waals surface area contributed by atoms with Crippen molar-refractivity contribution in [2.45, 2.75) is 52.1 Å². The molecule has 0 fully saturated rings. The van der Waals surface area contributed by atoms with Gasteiger partial charge >= 0.3 is 0 Å². The van der Waals surface area contributed by atoms with Gasteiger partial charge in [-0.15, -0.1) is 0 Å². The molecule has 2 rings (SSSR count). The maximum absolute atomic E-state index is 2.62. The van der Waals surface area contributed by atoms with Crippen molar-refractivity contribution in [2.24, 2.45) is 0 Å². The van der Waals surface area contributed by atoms with Crippen LogP contribution in [-0.4, -0.2) is 16.1 Å². The van der Waals surface area contributed by atoms with Gasteiger partial charge in [-0.05, 0) is 35.1 Å². The van der Waals surface area contributed by atoms with Crippen LogP contribution in [0.4, 0.5) is 0 Å². The number of hydrogen-bond acceptors (Lipinski definition) is 0. The van der Waals surface area contributed by atoms with E-state index >= 15 is 0 Å². The summed E-state index contributed by atoms with van der Waals surface area (Å²) in [6, 6.07) is 8.97. The second-order valence-electron chi connectivity index (χ2n) is 8.19. The fourth-order valence-corrected chi connectivity index (χ4v) is 5.54. The highest BCUT2D eigenvalue weighted by molar-refractivity contribution is 6.82.